The van der Waals surface area contributed by atoms with E-state index >= 15 is 0 Å². The molecule has 1 aromatic rings. The SMILES string of the molecule is CC(C)(C)n1cc(C2NCCCC2N)cn1. The molecule has 0 aliphatic carbocycles. The summed E-state index contributed by atoms with van der Waals surface area (Å²) in [6, 6.07) is 0.483. The van der Waals surface area contributed by atoms with Crippen LogP contribution in [0.2, 0.25) is 0 Å². The average molecular weight is 222 g/mol. The van der Waals surface area contributed by atoms with Gasteiger partial charge in [0, 0.05) is 17.8 Å². The molecular formula is C12H22N4. The number of hydrogen-bond donors (Lipinski definition) is 2. The summed E-state index contributed by atoms with van der Waals surface area (Å²) in [4.78, 5) is 0. The van der Waals surface area contributed by atoms with E-state index in [4.69, 9.17) is 5.73 Å². The van der Waals surface area contributed by atoms with Gasteiger partial charge in [-0.1, -0.05) is 0 Å². The summed E-state index contributed by atoms with van der Waals surface area (Å²) in [5.41, 5.74) is 7.38. The monoisotopic (exact) mass is 222 g/mol. The fourth-order valence-corrected chi connectivity index (χ4v) is 2.14. The molecule has 90 valence electrons. The van der Waals surface area contributed by atoms with Gasteiger partial charge in [0.25, 0.3) is 0 Å². The van der Waals surface area contributed by atoms with Crippen LogP contribution in [0.25, 0.3) is 0 Å². The number of nitrogens with two attached hydrogens (primary N) is 1. The number of nitrogens with zero attached hydrogens (tertiary/aromatic N) is 2. The summed E-state index contributed by atoms with van der Waals surface area (Å²) in [5.74, 6) is 0. The summed E-state index contributed by atoms with van der Waals surface area (Å²) in [6.07, 6.45) is 6.32. The van der Waals surface area contributed by atoms with Gasteiger partial charge >= 0.3 is 0 Å². The minimum atomic E-state index is 0.0387. The predicted octanol–water partition coefficient (Wildman–Crippen LogP) is 1.39. The fourth-order valence-electron chi connectivity index (χ4n) is 2.14. The first-order chi connectivity index (χ1) is 7.48. The largest absolute Gasteiger partial charge is 0.326 e. The normalized spacial score (nSPS) is 27.0. The average Bonchev–Trinajstić information content (AvgIpc) is 2.66. The third-order valence-electron chi connectivity index (χ3n) is 3.16. The van der Waals surface area contributed by atoms with Crippen molar-refractivity contribution < 1.29 is 0 Å². The Morgan fingerprint density at radius 1 is 1.50 bits per heavy atom. The number of rotatable bonds is 1. The van der Waals surface area contributed by atoms with E-state index in [1.807, 2.05) is 10.9 Å². The highest BCUT2D eigenvalue weighted by Gasteiger charge is 2.25. The number of nitrogens with one attached hydrogen (secondary N) is 1. The van der Waals surface area contributed by atoms with Gasteiger partial charge in [-0.2, -0.15) is 5.10 Å². The van der Waals surface area contributed by atoms with E-state index in [9.17, 15) is 0 Å². The Hall–Kier alpha value is -0.870. The third-order valence-corrected chi connectivity index (χ3v) is 3.16. The van der Waals surface area contributed by atoms with Gasteiger partial charge in [0.15, 0.2) is 0 Å². The standard InChI is InChI=1S/C12H22N4/c1-12(2,3)16-8-9(7-15-16)11-10(13)5-4-6-14-11/h7-8,10-11,14H,4-6,13H2,1-3H3. The van der Waals surface area contributed by atoms with Crippen LogP contribution in [-0.4, -0.2) is 22.4 Å². The quantitative estimate of drug-likeness (QED) is 0.755. The van der Waals surface area contributed by atoms with E-state index in [0.29, 0.717) is 0 Å². The molecule has 2 unspecified atom stereocenters. The maximum Gasteiger partial charge on any atom is 0.0543 e. The molecule has 0 spiro atoms. The Bertz CT molecular complexity index is 350. The smallest absolute Gasteiger partial charge is 0.0543 e. The molecule has 3 N–H and O–H groups in total. The van der Waals surface area contributed by atoms with Crippen molar-refractivity contribution in [3.05, 3.63) is 18.0 Å². The first kappa shape index (κ1) is 11.6. The summed E-state index contributed by atoms with van der Waals surface area (Å²) in [5, 5.41) is 7.89. The van der Waals surface area contributed by atoms with Crippen LogP contribution in [-0.2, 0) is 5.54 Å². The molecule has 4 heteroatoms. The van der Waals surface area contributed by atoms with Crippen LogP contribution in [0.1, 0.15) is 45.2 Å². The Kier molecular flexibility index (Phi) is 3.04. The molecule has 0 bridgehead atoms. The van der Waals surface area contributed by atoms with Crippen LogP contribution in [0.15, 0.2) is 12.4 Å². The minimum absolute atomic E-state index is 0.0387. The lowest BCUT2D eigenvalue weighted by Gasteiger charge is -2.29. The van der Waals surface area contributed by atoms with Crippen LogP contribution in [0, 0.1) is 0 Å². The van der Waals surface area contributed by atoms with Crippen LogP contribution in [0.5, 0.6) is 0 Å². The number of hydrogen-bond acceptors (Lipinski definition) is 3. The van der Waals surface area contributed by atoms with E-state index in [-0.39, 0.29) is 17.6 Å². The molecule has 0 amide bonds. The first-order valence-corrected chi connectivity index (χ1v) is 6.02. The summed E-state index contributed by atoms with van der Waals surface area (Å²) < 4.78 is 2.01. The van der Waals surface area contributed by atoms with Crippen LogP contribution in [0.3, 0.4) is 0 Å². The van der Waals surface area contributed by atoms with E-state index in [1.165, 1.54) is 12.0 Å². The molecule has 0 aromatic carbocycles. The molecule has 2 atom stereocenters. The molecule has 4 nitrogen and oxygen atoms in total. The Labute approximate surface area is 97.2 Å². The zero-order valence-corrected chi connectivity index (χ0v) is 10.4. The van der Waals surface area contributed by atoms with Crippen LogP contribution in [0.4, 0.5) is 0 Å². The van der Waals surface area contributed by atoms with Crippen molar-refractivity contribution in [2.45, 2.75) is 51.2 Å². The van der Waals surface area contributed by atoms with Crippen molar-refractivity contribution in [3.8, 4) is 0 Å². The molecule has 1 aromatic heterocycles. The van der Waals surface area contributed by atoms with Gasteiger partial charge in [-0.05, 0) is 40.2 Å². The Morgan fingerprint density at radius 2 is 2.25 bits per heavy atom. The molecule has 16 heavy (non-hydrogen) atoms. The van der Waals surface area contributed by atoms with E-state index < -0.39 is 0 Å². The highest BCUT2D eigenvalue weighted by Crippen LogP contribution is 2.23. The second kappa shape index (κ2) is 4.18. The van der Waals surface area contributed by atoms with Crippen molar-refractivity contribution in [3.63, 3.8) is 0 Å². The molecule has 0 saturated carbocycles. The lowest BCUT2D eigenvalue weighted by molar-refractivity contribution is 0.347. The molecule has 1 aliphatic rings. The van der Waals surface area contributed by atoms with Crippen molar-refractivity contribution in [1.82, 2.24) is 15.1 Å². The fraction of sp³-hybridized carbons (Fsp3) is 0.750. The zero-order chi connectivity index (χ0) is 11.8. The molecule has 0 radical (unpaired) electrons. The van der Waals surface area contributed by atoms with Crippen molar-refractivity contribution >= 4 is 0 Å². The van der Waals surface area contributed by atoms with E-state index in [0.717, 1.165) is 13.0 Å². The van der Waals surface area contributed by atoms with Gasteiger partial charge in [-0.25, -0.2) is 0 Å². The highest BCUT2D eigenvalue weighted by atomic mass is 15.3. The number of piperidine rings is 1. The lowest BCUT2D eigenvalue weighted by atomic mass is 9.95. The summed E-state index contributed by atoms with van der Waals surface area (Å²) in [7, 11) is 0. The van der Waals surface area contributed by atoms with Crippen molar-refractivity contribution in [2.75, 3.05) is 6.54 Å². The molecule has 2 rings (SSSR count). The Balaban J connectivity index is 2.18. The topological polar surface area (TPSA) is 55.9 Å². The summed E-state index contributed by atoms with van der Waals surface area (Å²) >= 11 is 0. The maximum atomic E-state index is 6.13. The molecule has 1 fully saturated rings. The van der Waals surface area contributed by atoms with Crippen molar-refractivity contribution in [2.24, 2.45) is 5.73 Å². The van der Waals surface area contributed by atoms with Crippen LogP contribution >= 0.6 is 0 Å². The van der Waals surface area contributed by atoms with Gasteiger partial charge in [0.2, 0.25) is 0 Å². The predicted molar refractivity (Wildman–Crippen MR) is 65.2 cm³/mol. The third kappa shape index (κ3) is 2.28. The maximum absolute atomic E-state index is 6.13. The highest BCUT2D eigenvalue weighted by molar-refractivity contribution is 5.14. The van der Waals surface area contributed by atoms with Crippen molar-refractivity contribution in [1.29, 1.82) is 0 Å². The Morgan fingerprint density at radius 3 is 2.81 bits per heavy atom. The van der Waals surface area contributed by atoms with Gasteiger partial charge in [-0.3, -0.25) is 4.68 Å². The lowest BCUT2D eigenvalue weighted by Crippen LogP contribution is -2.42. The molecular weight excluding hydrogens is 200 g/mol. The minimum Gasteiger partial charge on any atom is -0.326 e. The molecule has 2 heterocycles. The number of aromatic nitrogens is 2. The van der Waals surface area contributed by atoms with Gasteiger partial charge in [0.05, 0.1) is 17.8 Å². The summed E-state index contributed by atoms with van der Waals surface area (Å²) in [6.45, 7) is 7.51. The second-order valence-electron chi connectivity index (χ2n) is 5.63. The first-order valence-electron chi connectivity index (χ1n) is 6.02. The van der Waals surface area contributed by atoms with E-state index in [1.54, 1.807) is 0 Å². The van der Waals surface area contributed by atoms with Gasteiger partial charge in [-0.15, -0.1) is 0 Å². The second-order valence-corrected chi connectivity index (χ2v) is 5.63. The molecule has 1 saturated heterocycles. The van der Waals surface area contributed by atoms with E-state index in [2.05, 4.69) is 37.4 Å². The zero-order valence-electron chi connectivity index (χ0n) is 10.4. The van der Waals surface area contributed by atoms with Crippen LogP contribution < -0.4 is 11.1 Å². The molecule has 1 aliphatic heterocycles. The van der Waals surface area contributed by atoms with Gasteiger partial charge in [0.1, 0.15) is 0 Å². The van der Waals surface area contributed by atoms with Gasteiger partial charge < -0.3 is 11.1 Å².